The highest BCUT2D eigenvalue weighted by molar-refractivity contribution is 7.14. The second-order valence-corrected chi connectivity index (χ2v) is 6.27. The van der Waals surface area contributed by atoms with Crippen molar-refractivity contribution >= 4 is 17.3 Å². The summed E-state index contributed by atoms with van der Waals surface area (Å²) in [6.07, 6.45) is 0. The minimum atomic E-state index is -0.883. The number of thiophene rings is 1. The molecule has 2 aromatic rings. The Hall–Kier alpha value is -1.81. The van der Waals surface area contributed by atoms with Gasteiger partial charge in [-0.1, -0.05) is 26.0 Å². The van der Waals surface area contributed by atoms with Crippen molar-refractivity contribution in [2.24, 2.45) is 0 Å². The van der Waals surface area contributed by atoms with Crippen LogP contribution in [0.3, 0.4) is 0 Å². The third-order valence-electron chi connectivity index (χ3n) is 3.15. The van der Waals surface area contributed by atoms with Gasteiger partial charge in [-0.05, 0) is 36.6 Å². The van der Waals surface area contributed by atoms with Crippen LogP contribution in [0.4, 0.5) is 0 Å². The molecule has 0 saturated carbocycles. The highest BCUT2D eigenvalue weighted by atomic mass is 32.1. The van der Waals surface area contributed by atoms with Crippen molar-refractivity contribution in [3.63, 3.8) is 0 Å². The lowest BCUT2D eigenvalue weighted by Gasteiger charge is -2.09. The maximum absolute atomic E-state index is 10.9. The Morgan fingerprint density at radius 1 is 1.35 bits per heavy atom. The normalized spacial score (nSPS) is 10.8. The first-order chi connectivity index (χ1) is 9.47. The Morgan fingerprint density at radius 2 is 2.10 bits per heavy atom. The fraction of sp³-hybridized carbons (Fsp3) is 0.312. The summed E-state index contributed by atoms with van der Waals surface area (Å²) in [4.78, 5) is 12.3. The lowest BCUT2D eigenvalue weighted by atomic mass is 10.0. The molecule has 1 heterocycles. The number of rotatable bonds is 5. The van der Waals surface area contributed by atoms with Crippen LogP contribution < -0.4 is 4.74 Å². The van der Waals surface area contributed by atoms with Gasteiger partial charge in [0.2, 0.25) is 0 Å². The lowest BCUT2D eigenvalue weighted by molar-refractivity contribution is 0.0702. The molecule has 0 aliphatic carbocycles. The number of carbonyl (C=O) groups is 1. The van der Waals surface area contributed by atoms with Gasteiger partial charge in [-0.2, -0.15) is 0 Å². The fourth-order valence-electron chi connectivity index (χ4n) is 1.89. The van der Waals surface area contributed by atoms with E-state index in [9.17, 15) is 4.79 Å². The Kier molecular flexibility index (Phi) is 4.45. The van der Waals surface area contributed by atoms with Gasteiger partial charge in [-0.25, -0.2) is 4.79 Å². The first-order valence-electron chi connectivity index (χ1n) is 6.52. The molecule has 0 radical (unpaired) electrons. The summed E-state index contributed by atoms with van der Waals surface area (Å²) in [6, 6.07) is 9.70. The van der Waals surface area contributed by atoms with Gasteiger partial charge in [-0.3, -0.25) is 0 Å². The van der Waals surface area contributed by atoms with Gasteiger partial charge in [0.1, 0.15) is 17.2 Å². The van der Waals surface area contributed by atoms with Gasteiger partial charge in [-0.15, -0.1) is 11.3 Å². The van der Waals surface area contributed by atoms with Crippen LogP contribution in [0.5, 0.6) is 5.75 Å². The van der Waals surface area contributed by atoms with Crippen LogP contribution in [-0.4, -0.2) is 11.1 Å². The molecule has 1 N–H and O–H groups in total. The minimum absolute atomic E-state index is 0.358. The van der Waals surface area contributed by atoms with Gasteiger partial charge < -0.3 is 9.84 Å². The molecule has 1 aromatic heterocycles. The van der Waals surface area contributed by atoms with Crippen molar-refractivity contribution in [3.8, 4) is 5.75 Å². The SMILES string of the molecule is Cc1sc(C(=O)O)cc1COc1cccc(C(C)C)c1. The molecular formula is C16H18O3S. The molecule has 2 rings (SSSR count). The van der Waals surface area contributed by atoms with Crippen molar-refractivity contribution in [1.29, 1.82) is 0 Å². The molecule has 0 atom stereocenters. The van der Waals surface area contributed by atoms with E-state index in [1.54, 1.807) is 6.07 Å². The lowest BCUT2D eigenvalue weighted by Crippen LogP contribution is -1.97. The molecule has 0 unspecified atom stereocenters. The maximum Gasteiger partial charge on any atom is 0.345 e. The van der Waals surface area contributed by atoms with Crippen molar-refractivity contribution in [2.45, 2.75) is 33.3 Å². The Morgan fingerprint density at radius 3 is 2.70 bits per heavy atom. The Balaban J connectivity index is 2.09. The van der Waals surface area contributed by atoms with E-state index in [-0.39, 0.29) is 0 Å². The highest BCUT2D eigenvalue weighted by Crippen LogP contribution is 2.25. The number of benzene rings is 1. The van der Waals surface area contributed by atoms with Crippen LogP contribution in [0.2, 0.25) is 0 Å². The molecular weight excluding hydrogens is 272 g/mol. The molecule has 0 aliphatic heterocycles. The first-order valence-corrected chi connectivity index (χ1v) is 7.34. The molecule has 0 bridgehead atoms. The second kappa shape index (κ2) is 6.09. The fourth-order valence-corrected chi connectivity index (χ4v) is 2.76. The largest absolute Gasteiger partial charge is 0.489 e. The van der Waals surface area contributed by atoms with Gasteiger partial charge in [0.25, 0.3) is 0 Å². The van der Waals surface area contributed by atoms with Gasteiger partial charge in [0.05, 0.1) is 0 Å². The predicted octanol–water partition coefficient (Wildman–Crippen LogP) is 4.46. The average molecular weight is 290 g/mol. The number of aryl methyl sites for hydroxylation is 1. The molecule has 0 spiro atoms. The van der Waals surface area contributed by atoms with Gasteiger partial charge >= 0.3 is 5.97 Å². The summed E-state index contributed by atoms with van der Waals surface area (Å²) in [5, 5.41) is 8.97. The van der Waals surface area contributed by atoms with Gasteiger partial charge in [0.15, 0.2) is 0 Å². The Bertz CT molecular complexity index is 614. The molecule has 0 saturated heterocycles. The van der Waals surface area contributed by atoms with E-state index in [0.29, 0.717) is 17.4 Å². The molecule has 20 heavy (non-hydrogen) atoms. The van der Waals surface area contributed by atoms with E-state index in [2.05, 4.69) is 19.9 Å². The number of ether oxygens (including phenoxy) is 1. The zero-order valence-corrected chi connectivity index (χ0v) is 12.7. The van der Waals surface area contributed by atoms with Gasteiger partial charge in [0, 0.05) is 10.4 Å². The third kappa shape index (κ3) is 3.39. The molecule has 4 heteroatoms. The zero-order valence-electron chi connectivity index (χ0n) is 11.8. The predicted molar refractivity (Wildman–Crippen MR) is 80.9 cm³/mol. The standard InChI is InChI=1S/C16H18O3S/c1-10(2)12-5-4-6-14(7-12)19-9-13-8-15(16(17)18)20-11(13)3/h4-8,10H,9H2,1-3H3,(H,17,18). The highest BCUT2D eigenvalue weighted by Gasteiger charge is 2.11. The van der Waals surface area contributed by atoms with Crippen LogP contribution in [-0.2, 0) is 6.61 Å². The van der Waals surface area contributed by atoms with Crippen LogP contribution in [0.1, 0.15) is 45.4 Å². The summed E-state index contributed by atoms with van der Waals surface area (Å²) in [7, 11) is 0. The minimum Gasteiger partial charge on any atom is -0.489 e. The van der Waals surface area contributed by atoms with Crippen molar-refractivity contribution in [3.05, 3.63) is 51.2 Å². The monoisotopic (exact) mass is 290 g/mol. The topological polar surface area (TPSA) is 46.5 Å². The Labute approximate surface area is 122 Å². The number of carboxylic acid groups (broad SMARTS) is 1. The van der Waals surface area contributed by atoms with Crippen LogP contribution in [0, 0.1) is 6.92 Å². The smallest absolute Gasteiger partial charge is 0.345 e. The van der Waals surface area contributed by atoms with Crippen LogP contribution in [0.15, 0.2) is 30.3 Å². The molecule has 3 nitrogen and oxygen atoms in total. The number of carboxylic acids is 1. The summed E-state index contributed by atoms with van der Waals surface area (Å²) >= 11 is 1.29. The third-order valence-corrected chi connectivity index (χ3v) is 4.23. The van der Waals surface area contributed by atoms with E-state index in [1.165, 1.54) is 16.9 Å². The van der Waals surface area contributed by atoms with Crippen LogP contribution >= 0.6 is 11.3 Å². The number of hydrogen-bond acceptors (Lipinski definition) is 3. The van der Waals surface area contributed by atoms with E-state index in [1.807, 2.05) is 25.1 Å². The molecule has 106 valence electrons. The first kappa shape index (κ1) is 14.6. The summed E-state index contributed by atoms with van der Waals surface area (Å²) in [6.45, 7) is 6.60. The van der Waals surface area contributed by atoms with Crippen molar-refractivity contribution in [1.82, 2.24) is 0 Å². The van der Waals surface area contributed by atoms with E-state index >= 15 is 0 Å². The van der Waals surface area contributed by atoms with Crippen molar-refractivity contribution in [2.75, 3.05) is 0 Å². The summed E-state index contributed by atoms with van der Waals surface area (Å²) < 4.78 is 5.77. The molecule has 1 aromatic carbocycles. The molecule has 0 amide bonds. The van der Waals surface area contributed by atoms with E-state index in [4.69, 9.17) is 9.84 Å². The maximum atomic E-state index is 10.9. The molecule has 0 fully saturated rings. The zero-order chi connectivity index (χ0) is 14.7. The second-order valence-electron chi connectivity index (χ2n) is 5.01. The number of aromatic carboxylic acids is 1. The summed E-state index contributed by atoms with van der Waals surface area (Å²) in [5.41, 5.74) is 2.16. The van der Waals surface area contributed by atoms with E-state index < -0.39 is 5.97 Å². The van der Waals surface area contributed by atoms with Crippen LogP contribution in [0.25, 0.3) is 0 Å². The summed E-state index contributed by atoms with van der Waals surface area (Å²) in [5.74, 6) is 0.393. The number of hydrogen-bond donors (Lipinski definition) is 1. The van der Waals surface area contributed by atoms with Crippen molar-refractivity contribution < 1.29 is 14.6 Å². The average Bonchev–Trinajstić information content (AvgIpc) is 2.78. The van der Waals surface area contributed by atoms with E-state index in [0.717, 1.165) is 16.2 Å². The quantitative estimate of drug-likeness (QED) is 0.884. The molecule has 0 aliphatic rings.